The van der Waals surface area contributed by atoms with Gasteiger partial charge in [0.2, 0.25) is 29.5 Å². The summed E-state index contributed by atoms with van der Waals surface area (Å²) < 4.78 is 11.0. The Labute approximate surface area is 380 Å². The maximum Gasteiger partial charge on any atom is 0.246 e. The van der Waals surface area contributed by atoms with E-state index in [1.165, 1.54) is 6.08 Å². The topological polar surface area (TPSA) is 213 Å². The molecule has 6 rings (SSSR count). The molecule has 1 saturated heterocycles. The molecule has 2 aliphatic rings. The number of ether oxygens (including phenoxy) is 2. The molecule has 2 aliphatic heterocycles. The number of amides is 5. The van der Waals surface area contributed by atoms with E-state index in [2.05, 4.69) is 26.6 Å². The summed E-state index contributed by atoms with van der Waals surface area (Å²) in [5.41, 5.74) is 9.41. The Morgan fingerprint density at radius 2 is 1.62 bits per heavy atom. The van der Waals surface area contributed by atoms with Crippen LogP contribution in [0.3, 0.4) is 0 Å². The maximum atomic E-state index is 14.9. The molecule has 2 bridgehead atoms. The Morgan fingerprint density at radius 3 is 2.38 bits per heavy atom. The van der Waals surface area contributed by atoms with Crippen LogP contribution in [0.4, 0.5) is 0 Å². The van der Waals surface area contributed by atoms with E-state index in [0.717, 1.165) is 45.2 Å². The van der Waals surface area contributed by atoms with Crippen LogP contribution in [0.25, 0.3) is 11.1 Å². The fourth-order valence-corrected chi connectivity index (χ4v) is 8.41. The highest BCUT2D eigenvalue weighted by Crippen LogP contribution is 2.35. The second-order valence-corrected chi connectivity index (χ2v) is 16.5. The molecule has 0 radical (unpaired) electrons. The standard InChI is InChI=1S/C50H61N7O8/c1-64-43-15-8-7-14-40(43)37-18-16-35(17-19-37)30-42-48(62)54-33-39-13-6-5-12-38(39)31-45(59)55-41(47(61)53-26-29-65-28-24-51)22-25-52-44(58)20-21-46(60)57-27-9-23-50(34-57,49(63)56-42)32-36-10-3-2-4-11-36/h2-8,10-21,41-42,45,55,59H,9,22-34,51H2,1H3,(H,52,58)(H,53,61)(H,54,62)(H,56,63)/b21-20+/t41-,42-,45?,50-/m0/s1. The number of nitrogens with zero attached hydrogens (tertiary/aromatic N) is 1. The fourth-order valence-electron chi connectivity index (χ4n) is 8.41. The van der Waals surface area contributed by atoms with Gasteiger partial charge in [-0.05, 0) is 59.6 Å². The second-order valence-electron chi connectivity index (χ2n) is 16.5. The molecule has 0 saturated carbocycles. The zero-order valence-electron chi connectivity index (χ0n) is 36.9. The van der Waals surface area contributed by atoms with Crippen LogP contribution in [-0.2, 0) is 54.5 Å². The zero-order valence-corrected chi connectivity index (χ0v) is 36.9. The summed E-state index contributed by atoms with van der Waals surface area (Å²) in [5.74, 6) is -1.42. The summed E-state index contributed by atoms with van der Waals surface area (Å²) in [6, 6.07) is 30.5. The van der Waals surface area contributed by atoms with Crippen molar-refractivity contribution < 1.29 is 38.6 Å². The number of rotatable bonds is 12. The third-order valence-corrected chi connectivity index (χ3v) is 11.8. The monoisotopic (exact) mass is 887 g/mol. The number of methoxy groups -OCH3 is 1. The Hall–Kier alpha value is -6.39. The molecule has 15 heteroatoms. The molecule has 8 N–H and O–H groups in total. The highest BCUT2D eigenvalue weighted by atomic mass is 16.5. The molecule has 0 aliphatic carbocycles. The summed E-state index contributed by atoms with van der Waals surface area (Å²) in [6.07, 6.45) is 2.80. The van der Waals surface area contributed by atoms with Crippen molar-refractivity contribution in [1.82, 2.24) is 31.5 Å². The number of carbonyl (C=O) groups excluding carboxylic acids is 5. The summed E-state index contributed by atoms with van der Waals surface area (Å²) in [6.45, 7) is 1.74. The largest absolute Gasteiger partial charge is 0.496 e. The van der Waals surface area contributed by atoms with E-state index >= 15 is 0 Å². The molecule has 1 fully saturated rings. The quantitative estimate of drug-likeness (QED) is 0.103. The average Bonchev–Trinajstić information content (AvgIpc) is 3.32. The first-order valence-electron chi connectivity index (χ1n) is 22.2. The zero-order chi connectivity index (χ0) is 46.0. The first kappa shape index (κ1) is 48.1. The first-order chi connectivity index (χ1) is 31.6. The number of piperidine rings is 1. The van der Waals surface area contributed by atoms with Crippen molar-refractivity contribution in [2.75, 3.05) is 53.0 Å². The Kier molecular flexibility index (Phi) is 17.8. The van der Waals surface area contributed by atoms with Crippen LogP contribution in [0, 0.1) is 5.41 Å². The lowest BCUT2D eigenvalue weighted by Crippen LogP contribution is -2.58. The lowest BCUT2D eigenvalue weighted by molar-refractivity contribution is -0.141. The maximum absolute atomic E-state index is 14.9. The Bertz CT molecular complexity index is 2260. The van der Waals surface area contributed by atoms with Gasteiger partial charge in [-0.3, -0.25) is 29.3 Å². The predicted octanol–water partition coefficient (Wildman–Crippen LogP) is 2.54. The van der Waals surface area contributed by atoms with Gasteiger partial charge in [0.15, 0.2) is 0 Å². The number of para-hydroxylation sites is 1. The number of nitrogens with one attached hydrogen (secondary N) is 5. The van der Waals surface area contributed by atoms with E-state index in [0.29, 0.717) is 39.0 Å². The summed E-state index contributed by atoms with van der Waals surface area (Å²) >= 11 is 0. The van der Waals surface area contributed by atoms with Gasteiger partial charge in [-0.2, -0.15) is 0 Å². The van der Waals surface area contributed by atoms with Crippen molar-refractivity contribution in [3.63, 3.8) is 0 Å². The van der Waals surface area contributed by atoms with Gasteiger partial charge in [-0.25, -0.2) is 0 Å². The number of aliphatic hydroxyl groups is 1. The van der Waals surface area contributed by atoms with Gasteiger partial charge in [-0.1, -0.05) is 97.1 Å². The molecule has 1 unspecified atom stereocenters. The second kappa shape index (κ2) is 24.1. The molecule has 0 aromatic heterocycles. The number of aliphatic hydroxyl groups excluding tert-OH is 1. The van der Waals surface area contributed by atoms with Crippen LogP contribution in [0.1, 0.15) is 41.5 Å². The fraction of sp³-hybridized carbons (Fsp3) is 0.380. The van der Waals surface area contributed by atoms with E-state index in [9.17, 15) is 29.1 Å². The Balaban J connectivity index is 1.31. The number of nitrogens with two attached hydrogens (primary N) is 1. The van der Waals surface area contributed by atoms with Crippen molar-refractivity contribution in [3.8, 4) is 16.9 Å². The van der Waals surface area contributed by atoms with Crippen LogP contribution in [0.2, 0.25) is 0 Å². The molecule has 5 amide bonds. The molecule has 0 spiro atoms. The van der Waals surface area contributed by atoms with E-state index < -0.39 is 47.4 Å². The number of benzene rings is 4. The summed E-state index contributed by atoms with van der Waals surface area (Å²) in [7, 11) is 1.62. The predicted molar refractivity (Wildman–Crippen MR) is 247 cm³/mol. The number of hydrogen-bond acceptors (Lipinski definition) is 10. The minimum atomic E-state index is -1.19. The minimum Gasteiger partial charge on any atom is -0.496 e. The van der Waals surface area contributed by atoms with Crippen LogP contribution < -0.4 is 37.1 Å². The van der Waals surface area contributed by atoms with E-state index in [4.69, 9.17) is 15.2 Å². The molecule has 4 atom stereocenters. The highest BCUT2D eigenvalue weighted by molar-refractivity contribution is 5.97. The van der Waals surface area contributed by atoms with Crippen LogP contribution >= 0.6 is 0 Å². The minimum absolute atomic E-state index is 0.0542. The van der Waals surface area contributed by atoms with E-state index in [-0.39, 0.29) is 58.0 Å². The summed E-state index contributed by atoms with van der Waals surface area (Å²) in [4.78, 5) is 71.1. The third-order valence-electron chi connectivity index (χ3n) is 11.8. The van der Waals surface area contributed by atoms with Gasteiger partial charge < -0.3 is 46.5 Å². The van der Waals surface area contributed by atoms with E-state index in [1.54, 1.807) is 12.0 Å². The molecule has 2 heterocycles. The molecular formula is C50H61N7O8. The van der Waals surface area contributed by atoms with Gasteiger partial charge in [-0.15, -0.1) is 0 Å². The third kappa shape index (κ3) is 13.8. The van der Waals surface area contributed by atoms with Crippen molar-refractivity contribution in [3.05, 3.63) is 138 Å². The van der Waals surface area contributed by atoms with Crippen molar-refractivity contribution >= 4 is 29.5 Å². The normalized spacial score (nSPS) is 21.9. The van der Waals surface area contributed by atoms with Crippen molar-refractivity contribution in [2.45, 2.75) is 63.4 Å². The number of carbonyl (C=O) groups is 5. The van der Waals surface area contributed by atoms with Gasteiger partial charge >= 0.3 is 0 Å². The van der Waals surface area contributed by atoms with E-state index in [1.807, 2.05) is 103 Å². The SMILES string of the molecule is COc1ccccc1-c1ccc(C[C@@H]2NC(=O)[C@]3(Cc4ccccc4)CCCN(C3)C(=O)/C=C/C(=O)NCC[C@@H](C(=O)NCCOCCN)NC(O)Cc3ccccc3CNC2=O)cc1. The van der Waals surface area contributed by atoms with Crippen LogP contribution in [0.5, 0.6) is 5.75 Å². The number of fused-ring (bicyclic) bond motifs is 3. The highest BCUT2D eigenvalue weighted by Gasteiger charge is 2.44. The molecular weight excluding hydrogens is 827 g/mol. The lowest BCUT2D eigenvalue weighted by atomic mass is 9.74. The average molecular weight is 888 g/mol. The summed E-state index contributed by atoms with van der Waals surface area (Å²) in [5, 5.41) is 26.1. The molecule has 65 heavy (non-hydrogen) atoms. The number of hydrogen-bond donors (Lipinski definition) is 7. The molecule has 15 nitrogen and oxygen atoms in total. The van der Waals surface area contributed by atoms with Gasteiger partial charge in [0, 0.05) is 69.8 Å². The van der Waals surface area contributed by atoms with Crippen LogP contribution in [0.15, 0.2) is 115 Å². The molecule has 4 aromatic carbocycles. The lowest BCUT2D eigenvalue weighted by Gasteiger charge is -2.42. The van der Waals surface area contributed by atoms with Gasteiger partial charge in [0.1, 0.15) is 18.0 Å². The van der Waals surface area contributed by atoms with Gasteiger partial charge in [0.05, 0.1) is 31.8 Å². The first-order valence-corrected chi connectivity index (χ1v) is 22.2. The molecule has 344 valence electrons. The van der Waals surface area contributed by atoms with Crippen molar-refractivity contribution in [2.24, 2.45) is 11.1 Å². The smallest absolute Gasteiger partial charge is 0.246 e. The van der Waals surface area contributed by atoms with Gasteiger partial charge in [0.25, 0.3) is 0 Å². The van der Waals surface area contributed by atoms with Crippen LogP contribution in [-0.4, -0.2) is 111 Å². The molecule has 4 aromatic rings. The van der Waals surface area contributed by atoms with Crippen molar-refractivity contribution in [1.29, 1.82) is 0 Å². The Morgan fingerprint density at radius 1 is 0.877 bits per heavy atom.